The highest BCUT2D eigenvalue weighted by atomic mass is 35.5. The Morgan fingerprint density at radius 1 is 1.06 bits per heavy atom. The Kier molecular flexibility index (Phi) is 6.59. The summed E-state index contributed by atoms with van der Waals surface area (Å²) < 4.78 is 5.34. The number of aromatic nitrogens is 1. The minimum absolute atomic E-state index is 0.0676. The van der Waals surface area contributed by atoms with Gasteiger partial charge in [0, 0.05) is 35.7 Å². The molecule has 4 rings (SSSR count). The van der Waals surface area contributed by atoms with E-state index in [4.69, 9.17) is 27.9 Å². The molecule has 1 amide bonds. The van der Waals surface area contributed by atoms with Gasteiger partial charge in [0.25, 0.3) is 11.6 Å². The highest BCUT2D eigenvalue weighted by molar-refractivity contribution is 6.48. The lowest BCUT2D eigenvalue weighted by Crippen LogP contribution is -2.38. The summed E-state index contributed by atoms with van der Waals surface area (Å²) in [5.41, 5.74) is -0.170. The first-order chi connectivity index (χ1) is 16.7. The Morgan fingerprint density at radius 3 is 2.31 bits per heavy atom. The van der Waals surface area contributed by atoms with Gasteiger partial charge in [-0.25, -0.2) is 4.79 Å². The second-order valence-electron chi connectivity index (χ2n) is 7.35. The molecule has 1 aromatic heterocycles. The van der Waals surface area contributed by atoms with Crippen LogP contribution in [-0.2, 0) is 14.3 Å². The molecule has 0 spiro atoms. The van der Waals surface area contributed by atoms with Gasteiger partial charge in [-0.3, -0.25) is 29.5 Å². The molecule has 0 fully saturated rings. The molecule has 2 aromatic carbocycles. The number of ketones is 2. The summed E-state index contributed by atoms with van der Waals surface area (Å²) >= 11 is 12.0. The number of anilines is 1. The first-order valence-corrected chi connectivity index (χ1v) is 10.7. The van der Waals surface area contributed by atoms with Gasteiger partial charge in [0.2, 0.25) is 5.78 Å². The van der Waals surface area contributed by atoms with Crippen LogP contribution in [0.3, 0.4) is 0 Å². The van der Waals surface area contributed by atoms with Crippen molar-refractivity contribution in [2.24, 2.45) is 5.92 Å². The third kappa shape index (κ3) is 4.61. The van der Waals surface area contributed by atoms with Gasteiger partial charge in [-0.15, -0.1) is 0 Å². The average molecular weight is 514 g/mol. The fraction of sp³-hybridized carbons (Fsp3) is 0.0870. The minimum Gasteiger partial charge on any atom is -0.453 e. The first-order valence-electron chi connectivity index (χ1n) is 9.91. The maximum Gasteiger partial charge on any atom is 0.339 e. The van der Waals surface area contributed by atoms with Crippen LogP contribution in [-0.4, -0.2) is 33.4 Å². The fourth-order valence-corrected chi connectivity index (χ4v) is 4.18. The van der Waals surface area contributed by atoms with Crippen molar-refractivity contribution in [1.29, 1.82) is 0 Å². The van der Waals surface area contributed by atoms with E-state index in [0.29, 0.717) is 0 Å². The number of Topliss-reactive ketones (excluding diaryl/α,β-unsaturated/α-hetero) is 2. The van der Waals surface area contributed by atoms with E-state index in [1.54, 1.807) is 12.1 Å². The molecule has 1 aliphatic heterocycles. The second-order valence-corrected chi connectivity index (χ2v) is 8.17. The third-order valence-corrected chi connectivity index (χ3v) is 5.85. The van der Waals surface area contributed by atoms with Gasteiger partial charge in [0.05, 0.1) is 26.2 Å². The Hall–Kier alpha value is -4.15. The van der Waals surface area contributed by atoms with Crippen molar-refractivity contribution in [3.05, 3.63) is 97.8 Å². The Labute approximate surface area is 207 Å². The van der Waals surface area contributed by atoms with E-state index in [0.717, 1.165) is 12.1 Å². The lowest BCUT2D eigenvalue weighted by atomic mass is 9.85. The highest BCUT2D eigenvalue weighted by Gasteiger charge is 2.46. The normalized spacial score (nSPS) is 15.0. The summed E-state index contributed by atoms with van der Waals surface area (Å²) in [6, 6.07) is 10.8. The number of carbonyl (C=O) groups is 4. The molecule has 3 aromatic rings. The van der Waals surface area contributed by atoms with Crippen LogP contribution >= 0.6 is 23.2 Å². The van der Waals surface area contributed by atoms with Crippen LogP contribution in [0.5, 0.6) is 0 Å². The number of hydrogen-bond donors (Lipinski definition) is 1. The highest BCUT2D eigenvalue weighted by Crippen LogP contribution is 2.39. The number of esters is 1. The van der Waals surface area contributed by atoms with Crippen LogP contribution < -0.4 is 5.32 Å². The molecule has 2 atom stereocenters. The number of hydrogen-bond acceptors (Lipinski definition) is 8. The predicted octanol–water partition coefficient (Wildman–Crippen LogP) is 4.22. The van der Waals surface area contributed by atoms with E-state index >= 15 is 0 Å². The zero-order valence-corrected chi connectivity index (χ0v) is 18.9. The number of amides is 1. The van der Waals surface area contributed by atoms with Crippen molar-refractivity contribution in [1.82, 2.24) is 4.98 Å². The maximum absolute atomic E-state index is 13.4. The number of ether oxygens (including phenoxy) is 1. The van der Waals surface area contributed by atoms with Crippen molar-refractivity contribution in [2.75, 3.05) is 5.32 Å². The molecule has 0 aliphatic carbocycles. The second kappa shape index (κ2) is 9.61. The topological polar surface area (TPSA) is 146 Å². The van der Waals surface area contributed by atoms with E-state index in [-0.39, 0.29) is 32.4 Å². The van der Waals surface area contributed by atoms with Crippen molar-refractivity contribution in [3.8, 4) is 0 Å². The van der Waals surface area contributed by atoms with E-state index in [1.807, 2.05) is 0 Å². The summed E-state index contributed by atoms with van der Waals surface area (Å²) in [6.07, 6.45) is 1.31. The van der Waals surface area contributed by atoms with Gasteiger partial charge in [0.15, 0.2) is 5.78 Å². The van der Waals surface area contributed by atoms with Gasteiger partial charge in [0.1, 0.15) is 12.0 Å². The maximum atomic E-state index is 13.4. The van der Waals surface area contributed by atoms with Gasteiger partial charge in [-0.1, -0.05) is 41.4 Å². The van der Waals surface area contributed by atoms with E-state index in [1.165, 1.54) is 36.7 Å². The number of cyclic esters (lactones) is 1. The van der Waals surface area contributed by atoms with Gasteiger partial charge >= 0.3 is 5.97 Å². The van der Waals surface area contributed by atoms with Crippen LogP contribution in [0.1, 0.15) is 32.4 Å². The summed E-state index contributed by atoms with van der Waals surface area (Å²) in [7, 11) is 0. The number of halogens is 2. The summed E-state index contributed by atoms with van der Waals surface area (Å²) in [4.78, 5) is 66.1. The predicted molar refractivity (Wildman–Crippen MR) is 123 cm³/mol. The van der Waals surface area contributed by atoms with E-state index < -0.39 is 46.1 Å². The molecule has 0 saturated heterocycles. The molecule has 0 unspecified atom stereocenters. The zero-order chi connectivity index (χ0) is 25.3. The third-order valence-electron chi connectivity index (χ3n) is 5.25. The summed E-state index contributed by atoms with van der Waals surface area (Å²) in [6.45, 7) is 0. The molecular weight excluding hydrogens is 501 g/mol. The van der Waals surface area contributed by atoms with Crippen molar-refractivity contribution in [3.63, 3.8) is 0 Å². The monoisotopic (exact) mass is 513 g/mol. The number of carbonyl (C=O) groups excluding carboxylic acids is 4. The van der Waals surface area contributed by atoms with E-state index in [9.17, 15) is 29.3 Å². The Morgan fingerprint density at radius 2 is 1.69 bits per heavy atom. The average Bonchev–Trinajstić information content (AvgIpc) is 3.17. The van der Waals surface area contributed by atoms with Crippen LogP contribution in [0.4, 0.5) is 11.4 Å². The van der Waals surface area contributed by atoms with Gasteiger partial charge < -0.3 is 10.1 Å². The van der Waals surface area contributed by atoms with Crippen molar-refractivity contribution in [2.45, 2.75) is 6.10 Å². The fourth-order valence-electron chi connectivity index (χ4n) is 3.61. The van der Waals surface area contributed by atoms with Crippen molar-refractivity contribution < 1.29 is 28.8 Å². The number of pyridine rings is 1. The first kappa shape index (κ1) is 24.0. The van der Waals surface area contributed by atoms with Crippen LogP contribution in [0.15, 0.2) is 60.9 Å². The number of nitrogens with one attached hydrogen (secondary N) is 1. The number of non-ortho nitro benzene ring substituents is 1. The van der Waals surface area contributed by atoms with Gasteiger partial charge in [-0.2, -0.15) is 0 Å². The Balaban J connectivity index is 1.71. The summed E-state index contributed by atoms with van der Waals surface area (Å²) in [5, 5.41) is 12.6. The lowest BCUT2D eigenvalue weighted by molar-refractivity contribution is -0.384. The number of nitro benzene ring substituents is 1. The number of rotatable bonds is 7. The number of fused-ring (bicyclic) bond motifs is 1. The molecule has 176 valence electrons. The smallest absolute Gasteiger partial charge is 0.339 e. The molecule has 12 heteroatoms. The SMILES string of the molecule is O=C(Nc1c(Cl)cc([N+](=O)[O-])cc1Cl)C(=O)[C@@H](C(=O)c1ccncc1)[C@@H]1OC(=O)c2ccccc21. The number of benzene rings is 2. The molecule has 10 nitrogen and oxygen atoms in total. The molecule has 1 N–H and O–H groups in total. The standard InChI is InChI=1S/C23H13Cl2N3O7/c24-15-9-12(28(33)34)10-16(25)18(15)27-22(31)20(30)17(19(29)11-5-7-26-8-6-11)21-13-3-1-2-4-14(13)23(32)35-21/h1-10,17,21H,(H,27,31)/t17-,21-/m1/s1. The molecule has 0 saturated carbocycles. The molecule has 35 heavy (non-hydrogen) atoms. The molecular formula is C23H13Cl2N3O7. The van der Waals surface area contributed by atoms with Crippen LogP contribution in [0.25, 0.3) is 0 Å². The Bertz CT molecular complexity index is 1370. The molecule has 0 radical (unpaired) electrons. The zero-order valence-electron chi connectivity index (χ0n) is 17.4. The van der Waals surface area contributed by atoms with Crippen LogP contribution in [0, 0.1) is 16.0 Å². The quantitative estimate of drug-likeness (QED) is 0.123. The van der Waals surface area contributed by atoms with Gasteiger partial charge in [-0.05, 0) is 18.2 Å². The summed E-state index contributed by atoms with van der Waals surface area (Å²) in [5.74, 6) is -5.77. The van der Waals surface area contributed by atoms with Crippen molar-refractivity contribution >= 4 is 58.0 Å². The largest absolute Gasteiger partial charge is 0.453 e. The number of nitrogens with zero attached hydrogens (tertiary/aromatic N) is 2. The van der Waals surface area contributed by atoms with Crippen LogP contribution in [0.2, 0.25) is 10.0 Å². The van der Waals surface area contributed by atoms with E-state index in [2.05, 4.69) is 10.3 Å². The lowest BCUT2D eigenvalue weighted by Gasteiger charge is -2.21. The molecule has 2 heterocycles. The minimum atomic E-state index is -1.74. The molecule has 1 aliphatic rings. The number of nitro groups is 1. The molecule has 0 bridgehead atoms.